The van der Waals surface area contributed by atoms with E-state index in [1.807, 2.05) is 29.6 Å². The Balaban J connectivity index is 1.60. The van der Waals surface area contributed by atoms with Crippen molar-refractivity contribution in [2.45, 2.75) is 13.8 Å². The number of ether oxygens (including phenoxy) is 1. The average molecular weight is 436 g/mol. The van der Waals surface area contributed by atoms with Gasteiger partial charge in [0.05, 0.1) is 12.8 Å². The second kappa shape index (κ2) is 9.82. The van der Waals surface area contributed by atoms with Crippen molar-refractivity contribution in [1.82, 2.24) is 4.98 Å². The molecule has 0 aliphatic rings. The van der Waals surface area contributed by atoms with Crippen LogP contribution in [0.3, 0.4) is 0 Å². The van der Waals surface area contributed by atoms with Crippen LogP contribution in [0.2, 0.25) is 0 Å². The molecule has 2 N–H and O–H groups in total. The normalized spacial score (nSPS) is 11.0. The van der Waals surface area contributed by atoms with E-state index in [0.717, 1.165) is 17.0 Å². The van der Waals surface area contributed by atoms with Crippen LogP contribution in [0.1, 0.15) is 24.2 Å². The number of rotatable bonds is 7. The summed E-state index contributed by atoms with van der Waals surface area (Å²) in [7, 11) is 1.60. The molecule has 1 heterocycles. The van der Waals surface area contributed by atoms with E-state index in [9.17, 15) is 14.4 Å². The van der Waals surface area contributed by atoms with Gasteiger partial charge in [-0.15, -0.1) is 11.3 Å². The predicted molar refractivity (Wildman–Crippen MR) is 122 cm³/mol. The highest BCUT2D eigenvalue weighted by atomic mass is 32.1. The molecule has 0 aliphatic heterocycles. The lowest BCUT2D eigenvalue weighted by Crippen LogP contribution is -2.16. The minimum Gasteiger partial charge on any atom is -0.497 e. The third-order valence-corrected chi connectivity index (χ3v) is 5.13. The molecule has 3 rings (SSSR count). The molecular weight excluding hydrogens is 414 g/mol. The number of carbonyl (C=O) groups excluding carboxylic acids is 3. The molecule has 8 heteroatoms. The molecule has 0 atom stereocenters. The predicted octanol–water partition coefficient (Wildman–Crippen LogP) is 4.54. The average Bonchev–Trinajstić information content (AvgIpc) is 3.22. The van der Waals surface area contributed by atoms with Crippen LogP contribution in [0, 0.1) is 0 Å². The number of hydrogen-bond donors (Lipinski definition) is 2. The molecule has 0 aliphatic carbocycles. The Morgan fingerprint density at radius 3 is 2.26 bits per heavy atom. The largest absolute Gasteiger partial charge is 0.497 e. The zero-order valence-electron chi connectivity index (χ0n) is 17.3. The van der Waals surface area contributed by atoms with Crippen molar-refractivity contribution in [3.05, 3.63) is 71.1 Å². The first-order valence-corrected chi connectivity index (χ1v) is 10.3. The number of nitrogens with zero attached hydrogens (tertiary/aromatic N) is 1. The molecule has 0 saturated heterocycles. The van der Waals surface area contributed by atoms with Crippen molar-refractivity contribution < 1.29 is 19.1 Å². The van der Waals surface area contributed by atoms with Crippen LogP contribution in [-0.2, 0) is 9.59 Å². The number of amides is 2. The second-order valence-electron chi connectivity index (χ2n) is 6.67. The van der Waals surface area contributed by atoms with Gasteiger partial charge in [-0.05, 0) is 62.4 Å². The van der Waals surface area contributed by atoms with Crippen molar-refractivity contribution in [3.63, 3.8) is 0 Å². The molecule has 0 fully saturated rings. The molecule has 158 valence electrons. The minimum absolute atomic E-state index is 0.0528. The van der Waals surface area contributed by atoms with Crippen molar-refractivity contribution >= 4 is 39.8 Å². The number of thiazole rings is 1. The molecule has 0 bridgehead atoms. The first kappa shape index (κ1) is 21.9. The van der Waals surface area contributed by atoms with Crippen LogP contribution < -0.4 is 15.4 Å². The Morgan fingerprint density at radius 2 is 1.65 bits per heavy atom. The second-order valence-corrected chi connectivity index (χ2v) is 7.53. The molecule has 3 aromatic rings. The number of ketones is 1. The van der Waals surface area contributed by atoms with Gasteiger partial charge in [0.15, 0.2) is 10.9 Å². The van der Waals surface area contributed by atoms with Gasteiger partial charge in [0, 0.05) is 33.8 Å². The van der Waals surface area contributed by atoms with E-state index in [-0.39, 0.29) is 11.4 Å². The number of Topliss-reactive ketones (excluding diaryl/α,β-unsaturated/α-hetero) is 1. The monoisotopic (exact) mass is 435 g/mol. The third-order valence-electron chi connectivity index (χ3n) is 4.38. The smallest absolute Gasteiger partial charge is 0.251 e. The van der Waals surface area contributed by atoms with Gasteiger partial charge in [0.2, 0.25) is 0 Å². The maximum absolute atomic E-state index is 12.3. The number of anilines is 2. The van der Waals surface area contributed by atoms with Crippen molar-refractivity contribution in [2.75, 3.05) is 17.7 Å². The fourth-order valence-electron chi connectivity index (χ4n) is 2.65. The molecule has 7 nitrogen and oxygen atoms in total. The summed E-state index contributed by atoms with van der Waals surface area (Å²) in [6.45, 7) is 3.02. The molecule has 2 amide bonds. The first-order chi connectivity index (χ1) is 14.9. The van der Waals surface area contributed by atoms with Crippen LogP contribution >= 0.6 is 11.3 Å². The summed E-state index contributed by atoms with van der Waals surface area (Å²) in [6.07, 6.45) is 1.22. The number of aromatic nitrogens is 1. The Hall–Kier alpha value is -3.78. The highest BCUT2D eigenvalue weighted by Crippen LogP contribution is 2.26. The Morgan fingerprint density at radius 1 is 0.968 bits per heavy atom. The molecule has 31 heavy (non-hydrogen) atoms. The van der Waals surface area contributed by atoms with Gasteiger partial charge in [-0.3, -0.25) is 19.7 Å². The van der Waals surface area contributed by atoms with E-state index in [1.165, 1.54) is 24.3 Å². The van der Waals surface area contributed by atoms with Crippen molar-refractivity contribution in [3.8, 4) is 17.0 Å². The fraction of sp³-hybridized carbons (Fsp3) is 0.130. The SMILES string of the molecule is COc1ccc(-c2csc(NC(=O)/C=C(/C)C(=O)Nc3ccc(C(C)=O)cc3)n2)cc1. The minimum atomic E-state index is -0.449. The first-order valence-electron chi connectivity index (χ1n) is 9.37. The summed E-state index contributed by atoms with van der Waals surface area (Å²) in [5.74, 6) is -0.164. The Bertz CT molecular complexity index is 1130. The van der Waals surface area contributed by atoms with Gasteiger partial charge >= 0.3 is 0 Å². The number of hydrogen-bond acceptors (Lipinski definition) is 6. The Kier molecular flexibility index (Phi) is 6.94. The summed E-state index contributed by atoms with van der Waals surface area (Å²) < 4.78 is 5.14. The van der Waals surface area contributed by atoms with Crippen LogP contribution in [0.4, 0.5) is 10.8 Å². The van der Waals surface area contributed by atoms with E-state index in [2.05, 4.69) is 15.6 Å². The molecule has 0 radical (unpaired) electrons. The van der Waals surface area contributed by atoms with Gasteiger partial charge in [-0.2, -0.15) is 0 Å². The number of benzene rings is 2. The molecule has 0 spiro atoms. The lowest BCUT2D eigenvalue weighted by atomic mass is 10.1. The van der Waals surface area contributed by atoms with E-state index >= 15 is 0 Å². The zero-order chi connectivity index (χ0) is 22.4. The summed E-state index contributed by atoms with van der Waals surface area (Å²) in [6, 6.07) is 14.0. The van der Waals surface area contributed by atoms with E-state index in [1.54, 1.807) is 38.3 Å². The molecule has 0 saturated carbocycles. The van der Waals surface area contributed by atoms with Crippen LogP contribution in [-0.4, -0.2) is 29.7 Å². The quantitative estimate of drug-likeness (QED) is 0.419. The Labute approximate surface area is 183 Å². The number of carbonyl (C=O) groups is 3. The highest BCUT2D eigenvalue weighted by Gasteiger charge is 2.11. The third kappa shape index (κ3) is 5.86. The van der Waals surface area contributed by atoms with Gasteiger partial charge in [-0.1, -0.05) is 0 Å². The van der Waals surface area contributed by atoms with Gasteiger partial charge in [0.25, 0.3) is 11.8 Å². The van der Waals surface area contributed by atoms with Gasteiger partial charge in [-0.25, -0.2) is 4.98 Å². The maximum atomic E-state index is 12.3. The van der Waals surface area contributed by atoms with E-state index in [4.69, 9.17) is 4.74 Å². The van der Waals surface area contributed by atoms with E-state index in [0.29, 0.717) is 16.4 Å². The molecule has 2 aromatic carbocycles. The van der Waals surface area contributed by atoms with Crippen molar-refractivity contribution in [2.24, 2.45) is 0 Å². The van der Waals surface area contributed by atoms with Crippen LogP contribution in [0.5, 0.6) is 5.75 Å². The van der Waals surface area contributed by atoms with E-state index < -0.39 is 11.8 Å². The lowest BCUT2D eigenvalue weighted by molar-refractivity contribution is -0.114. The summed E-state index contributed by atoms with van der Waals surface area (Å²) in [5, 5.41) is 7.63. The molecule has 0 unspecified atom stereocenters. The zero-order valence-corrected chi connectivity index (χ0v) is 18.1. The van der Waals surface area contributed by atoms with Crippen LogP contribution in [0.15, 0.2) is 65.6 Å². The number of nitrogens with one attached hydrogen (secondary N) is 2. The van der Waals surface area contributed by atoms with Crippen molar-refractivity contribution in [1.29, 1.82) is 0 Å². The topological polar surface area (TPSA) is 97.4 Å². The standard InChI is InChI=1S/C23H21N3O4S/c1-14(22(29)24-18-8-4-16(5-9-18)15(2)27)12-21(28)26-23-25-20(13-31-23)17-6-10-19(30-3)11-7-17/h4-13H,1-3H3,(H,24,29)(H,25,26,28)/b14-12-. The summed E-state index contributed by atoms with van der Waals surface area (Å²) in [4.78, 5) is 40.3. The number of methoxy groups -OCH3 is 1. The molecule has 1 aromatic heterocycles. The lowest BCUT2D eigenvalue weighted by Gasteiger charge is -2.06. The highest BCUT2D eigenvalue weighted by molar-refractivity contribution is 7.14. The van der Waals surface area contributed by atoms with Gasteiger partial charge in [0.1, 0.15) is 5.75 Å². The maximum Gasteiger partial charge on any atom is 0.251 e. The summed E-state index contributed by atoms with van der Waals surface area (Å²) >= 11 is 1.29. The summed E-state index contributed by atoms with van der Waals surface area (Å²) in [5.41, 5.74) is 2.96. The van der Waals surface area contributed by atoms with Crippen LogP contribution in [0.25, 0.3) is 11.3 Å². The molecular formula is C23H21N3O4S. The fourth-order valence-corrected chi connectivity index (χ4v) is 3.37. The van der Waals surface area contributed by atoms with Gasteiger partial charge < -0.3 is 10.1 Å².